The molecule has 0 aromatic heterocycles. The molecule has 0 saturated carbocycles. The Morgan fingerprint density at radius 3 is 1.14 bits per heavy atom. The molecule has 0 heterocycles. The molecule has 1 atom stereocenters. The summed E-state index contributed by atoms with van der Waals surface area (Å²) in [5.74, 6) is 0. The highest BCUT2D eigenvalue weighted by molar-refractivity contribution is 4.98. The van der Waals surface area contributed by atoms with Crippen LogP contribution in [0.5, 0.6) is 0 Å². The SMILES string of the molecule is CC(C)(C)C(C)(C(O)OC(C(F)(F)F)C(F)(F)F)C(C)(C)C. The van der Waals surface area contributed by atoms with Gasteiger partial charge in [0, 0.05) is 5.41 Å². The largest absolute Gasteiger partial charge is 0.423 e. The summed E-state index contributed by atoms with van der Waals surface area (Å²) in [7, 11) is 0. The minimum absolute atomic E-state index is 0.813. The number of aliphatic hydroxyl groups is 1. The molecule has 0 aromatic rings. The highest BCUT2D eigenvalue weighted by atomic mass is 19.4. The summed E-state index contributed by atoms with van der Waals surface area (Å²) < 4.78 is 79.7. The molecule has 0 aliphatic carbocycles. The van der Waals surface area contributed by atoms with E-state index in [9.17, 15) is 31.4 Å². The van der Waals surface area contributed by atoms with E-state index in [1.54, 1.807) is 41.5 Å². The van der Waals surface area contributed by atoms with E-state index in [0.717, 1.165) is 0 Å². The zero-order valence-electron chi connectivity index (χ0n) is 13.8. The van der Waals surface area contributed by atoms with Gasteiger partial charge in [0.15, 0.2) is 6.29 Å². The van der Waals surface area contributed by atoms with Gasteiger partial charge in [-0.05, 0) is 10.8 Å². The Labute approximate surface area is 126 Å². The number of rotatable bonds is 3. The van der Waals surface area contributed by atoms with Crippen LogP contribution >= 0.6 is 0 Å². The number of aliphatic hydroxyl groups excluding tert-OH is 1. The minimum Gasteiger partial charge on any atom is -0.367 e. The summed E-state index contributed by atoms with van der Waals surface area (Å²) in [6.07, 6.45) is -17.6. The third kappa shape index (κ3) is 4.28. The zero-order chi connectivity index (χ0) is 18.4. The Morgan fingerprint density at radius 1 is 0.682 bits per heavy atom. The van der Waals surface area contributed by atoms with Gasteiger partial charge in [-0.1, -0.05) is 48.5 Å². The summed E-state index contributed by atoms with van der Waals surface area (Å²) in [5.41, 5.74) is -2.99. The molecule has 22 heavy (non-hydrogen) atoms. The molecule has 0 spiro atoms. The topological polar surface area (TPSA) is 29.5 Å². The fraction of sp³-hybridized carbons (Fsp3) is 1.00. The smallest absolute Gasteiger partial charge is 0.367 e. The maximum Gasteiger partial charge on any atom is 0.423 e. The average molecular weight is 338 g/mol. The predicted molar refractivity (Wildman–Crippen MR) is 70.0 cm³/mol. The predicted octanol–water partition coefficient (Wildman–Crippen LogP) is 4.91. The first-order chi connectivity index (χ1) is 9.26. The van der Waals surface area contributed by atoms with Gasteiger partial charge in [0.1, 0.15) is 0 Å². The molecule has 1 N–H and O–H groups in total. The molecule has 0 fully saturated rings. The average Bonchev–Trinajstić information content (AvgIpc) is 2.17. The lowest BCUT2D eigenvalue weighted by Crippen LogP contribution is -2.57. The molecule has 2 nitrogen and oxygen atoms in total. The van der Waals surface area contributed by atoms with Crippen LogP contribution in [0.4, 0.5) is 26.3 Å². The monoisotopic (exact) mass is 338 g/mol. The summed E-state index contributed by atoms with van der Waals surface area (Å²) in [5, 5.41) is 10.1. The number of ether oxygens (including phenoxy) is 1. The maximum absolute atomic E-state index is 12.6. The normalized spacial score (nSPS) is 17.0. The van der Waals surface area contributed by atoms with Crippen LogP contribution in [0.25, 0.3) is 0 Å². The van der Waals surface area contributed by atoms with Gasteiger partial charge in [-0.25, -0.2) is 0 Å². The van der Waals surface area contributed by atoms with Crippen molar-refractivity contribution in [2.45, 2.75) is 73.2 Å². The van der Waals surface area contributed by atoms with Gasteiger partial charge in [0.2, 0.25) is 0 Å². The lowest BCUT2D eigenvalue weighted by atomic mass is 9.54. The van der Waals surface area contributed by atoms with Crippen molar-refractivity contribution in [1.82, 2.24) is 0 Å². The molecular weight excluding hydrogens is 314 g/mol. The molecule has 0 aliphatic heterocycles. The van der Waals surface area contributed by atoms with Crippen LogP contribution in [0.1, 0.15) is 48.5 Å². The first kappa shape index (κ1) is 21.5. The van der Waals surface area contributed by atoms with E-state index in [4.69, 9.17) is 0 Å². The number of alkyl halides is 6. The van der Waals surface area contributed by atoms with Gasteiger partial charge in [0.25, 0.3) is 6.10 Å². The third-order valence-electron chi connectivity index (χ3n) is 4.47. The zero-order valence-corrected chi connectivity index (χ0v) is 13.8. The molecule has 8 heteroatoms. The van der Waals surface area contributed by atoms with E-state index in [0.29, 0.717) is 0 Å². The summed E-state index contributed by atoms with van der Waals surface area (Å²) in [6.45, 7) is 11.2. The van der Waals surface area contributed by atoms with Crippen molar-refractivity contribution in [2.24, 2.45) is 16.2 Å². The fourth-order valence-electron chi connectivity index (χ4n) is 2.47. The molecule has 0 saturated heterocycles. The first-order valence-electron chi connectivity index (χ1n) is 6.73. The van der Waals surface area contributed by atoms with Gasteiger partial charge in [0.05, 0.1) is 0 Å². The Hall–Kier alpha value is -0.500. The van der Waals surface area contributed by atoms with E-state index in [1.807, 2.05) is 0 Å². The van der Waals surface area contributed by atoms with E-state index >= 15 is 0 Å². The Morgan fingerprint density at radius 2 is 0.955 bits per heavy atom. The highest BCUT2D eigenvalue weighted by Crippen LogP contribution is 2.54. The molecule has 134 valence electrons. The minimum atomic E-state index is -5.66. The van der Waals surface area contributed by atoms with E-state index < -0.39 is 41.0 Å². The Bertz CT molecular complexity index is 345. The van der Waals surface area contributed by atoms with Crippen molar-refractivity contribution in [2.75, 3.05) is 0 Å². The van der Waals surface area contributed by atoms with Crippen LogP contribution in [0.3, 0.4) is 0 Å². The molecule has 0 aliphatic rings. The van der Waals surface area contributed by atoms with Gasteiger partial charge < -0.3 is 9.84 Å². The molecular formula is C14H24F6O2. The van der Waals surface area contributed by atoms with Crippen molar-refractivity contribution >= 4 is 0 Å². The maximum atomic E-state index is 12.6. The van der Waals surface area contributed by atoms with Crippen molar-refractivity contribution in [3.8, 4) is 0 Å². The van der Waals surface area contributed by atoms with Gasteiger partial charge in [-0.3, -0.25) is 0 Å². The lowest BCUT2D eigenvalue weighted by Gasteiger charge is -2.54. The second-order valence-corrected chi connectivity index (χ2v) is 7.65. The lowest BCUT2D eigenvalue weighted by molar-refractivity contribution is -0.372. The summed E-state index contributed by atoms with van der Waals surface area (Å²) >= 11 is 0. The quantitative estimate of drug-likeness (QED) is 0.585. The summed E-state index contributed by atoms with van der Waals surface area (Å²) in [4.78, 5) is 0. The van der Waals surface area contributed by atoms with Crippen LogP contribution in [-0.4, -0.2) is 29.9 Å². The first-order valence-corrected chi connectivity index (χ1v) is 6.73. The molecule has 0 amide bonds. The number of hydrogen-bond donors (Lipinski definition) is 1. The van der Waals surface area contributed by atoms with E-state index in [-0.39, 0.29) is 0 Å². The highest BCUT2D eigenvalue weighted by Gasteiger charge is 2.62. The second kappa shape index (κ2) is 5.85. The van der Waals surface area contributed by atoms with Crippen molar-refractivity contribution in [3.63, 3.8) is 0 Å². The molecule has 0 aromatic carbocycles. The second-order valence-electron chi connectivity index (χ2n) is 7.65. The van der Waals surface area contributed by atoms with Crippen LogP contribution in [0.2, 0.25) is 0 Å². The summed E-state index contributed by atoms with van der Waals surface area (Å²) in [6, 6.07) is 0. The molecule has 0 rings (SSSR count). The number of hydrogen-bond acceptors (Lipinski definition) is 2. The molecule has 1 unspecified atom stereocenters. The standard InChI is InChI=1S/C14H24F6O2/c1-10(2,3)12(7,11(4,5)6)9(21)22-8(13(15,16)17)14(18,19)20/h8-9,21H,1-7H3. The Kier molecular flexibility index (Phi) is 5.72. The van der Waals surface area contributed by atoms with Crippen LogP contribution in [0.15, 0.2) is 0 Å². The van der Waals surface area contributed by atoms with Crippen LogP contribution in [-0.2, 0) is 4.74 Å². The third-order valence-corrected chi connectivity index (χ3v) is 4.47. The van der Waals surface area contributed by atoms with Crippen LogP contribution in [0, 0.1) is 16.2 Å². The van der Waals surface area contributed by atoms with Crippen molar-refractivity contribution in [3.05, 3.63) is 0 Å². The van der Waals surface area contributed by atoms with Gasteiger partial charge in [-0.15, -0.1) is 0 Å². The number of halogens is 6. The van der Waals surface area contributed by atoms with Gasteiger partial charge in [-0.2, -0.15) is 26.3 Å². The van der Waals surface area contributed by atoms with Crippen molar-refractivity contribution < 1.29 is 36.2 Å². The molecule has 0 bridgehead atoms. The molecule has 0 radical (unpaired) electrons. The fourth-order valence-corrected chi connectivity index (χ4v) is 2.47. The van der Waals surface area contributed by atoms with Gasteiger partial charge >= 0.3 is 12.4 Å². The Balaban J connectivity index is 5.76. The van der Waals surface area contributed by atoms with E-state index in [1.165, 1.54) is 6.92 Å². The van der Waals surface area contributed by atoms with E-state index in [2.05, 4.69) is 4.74 Å². The van der Waals surface area contributed by atoms with Crippen LogP contribution < -0.4 is 0 Å². The van der Waals surface area contributed by atoms with Crippen molar-refractivity contribution in [1.29, 1.82) is 0 Å².